The molecule has 2 aliphatic rings. The number of nitrogens with one attached hydrogen (secondary N) is 1. The number of anilines is 2. The lowest BCUT2D eigenvalue weighted by atomic mass is 9.96. The second-order valence-electron chi connectivity index (χ2n) is 10.9. The second kappa shape index (κ2) is 11.9. The Hall–Kier alpha value is -5.00. The van der Waals surface area contributed by atoms with Gasteiger partial charge in [0, 0.05) is 27.1 Å². The molecule has 0 bridgehead atoms. The molecule has 0 amide bonds. The van der Waals surface area contributed by atoms with E-state index in [1.165, 1.54) is 48.5 Å². The summed E-state index contributed by atoms with van der Waals surface area (Å²) in [4.78, 5) is 31.0. The van der Waals surface area contributed by atoms with Gasteiger partial charge >= 0.3 is 0 Å². The third-order valence-corrected chi connectivity index (χ3v) is 11.2. The molecule has 4 N–H and O–H groups in total. The molecule has 0 saturated carbocycles. The van der Waals surface area contributed by atoms with Gasteiger partial charge in [-0.3, -0.25) is 18.7 Å². The van der Waals surface area contributed by atoms with Gasteiger partial charge in [0.1, 0.15) is 5.76 Å². The van der Waals surface area contributed by atoms with Crippen LogP contribution in [-0.4, -0.2) is 56.0 Å². The summed E-state index contributed by atoms with van der Waals surface area (Å²) in [5.74, 6) is -1.84. The second-order valence-corrected chi connectivity index (χ2v) is 16.0. The van der Waals surface area contributed by atoms with Crippen LogP contribution in [0.3, 0.4) is 0 Å². The van der Waals surface area contributed by atoms with Crippen LogP contribution in [0.2, 0.25) is 0 Å². The number of sulfone groups is 1. The van der Waals surface area contributed by atoms with E-state index in [1.54, 1.807) is 24.3 Å². The molecule has 246 valence electrons. The van der Waals surface area contributed by atoms with Crippen molar-refractivity contribution in [1.29, 1.82) is 0 Å². The molecule has 4 aromatic carbocycles. The van der Waals surface area contributed by atoms with Crippen molar-refractivity contribution in [2.75, 3.05) is 16.8 Å². The smallest absolute Gasteiger partial charge is 0.294 e. The van der Waals surface area contributed by atoms with E-state index in [1.807, 2.05) is 0 Å². The molecule has 16 heteroatoms. The van der Waals surface area contributed by atoms with E-state index in [0.717, 1.165) is 12.1 Å². The van der Waals surface area contributed by atoms with Crippen molar-refractivity contribution in [1.82, 2.24) is 4.98 Å². The maximum atomic E-state index is 14.0. The summed E-state index contributed by atoms with van der Waals surface area (Å²) in [6.45, 7) is 0. The first-order valence-electron chi connectivity index (χ1n) is 14.1. The van der Waals surface area contributed by atoms with E-state index in [4.69, 9.17) is 4.55 Å². The molecule has 13 nitrogen and oxygen atoms in total. The van der Waals surface area contributed by atoms with Crippen molar-refractivity contribution in [3.63, 3.8) is 0 Å². The summed E-state index contributed by atoms with van der Waals surface area (Å²) in [5, 5.41) is 15.3. The van der Waals surface area contributed by atoms with Crippen molar-refractivity contribution >= 4 is 68.9 Å². The van der Waals surface area contributed by atoms with Crippen LogP contribution in [0.15, 0.2) is 104 Å². The first kappa shape index (κ1) is 32.9. The van der Waals surface area contributed by atoms with E-state index in [2.05, 4.69) is 10.3 Å². The number of benzene rings is 4. The Morgan fingerprint density at radius 3 is 2.08 bits per heavy atom. The lowest BCUT2D eigenvalue weighted by molar-refractivity contribution is 0.480. The maximum Gasteiger partial charge on any atom is 0.294 e. The monoisotopic (exact) mass is 708 g/mol. The van der Waals surface area contributed by atoms with Gasteiger partial charge in [0.15, 0.2) is 15.3 Å². The topological polar surface area (TPSA) is 222 Å². The van der Waals surface area contributed by atoms with Crippen LogP contribution in [0.5, 0.6) is 0 Å². The third-order valence-electron chi connectivity index (χ3n) is 7.74. The summed E-state index contributed by atoms with van der Waals surface area (Å²) >= 11 is 0. The maximum absolute atomic E-state index is 14.0. The number of fused-ring (bicyclic) bond motifs is 2. The first-order valence-corrected chi connectivity index (χ1v) is 18.8. The molecule has 0 aromatic heterocycles. The molecule has 4 aromatic rings. The van der Waals surface area contributed by atoms with Crippen LogP contribution in [0, 0.1) is 10.4 Å². The number of hydrogen-bond donors (Lipinski definition) is 4. The zero-order chi connectivity index (χ0) is 34.6. The van der Waals surface area contributed by atoms with Crippen LogP contribution in [-0.2, 0) is 30.1 Å². The Bertz CT molecular complexity index is 2850. The average molecular weight is 709 g/mol. The normalized spacial score (nSPS) is 13.3. The lowest BCUT2D eigenvalue weighted by Crippen LogP contribution is -2.33. The van der Waals surface area contributed by atoms with Gasteiger partial charge in [-0.05, 0) is 60.3 Å². The fourth-order valence-electron chi connectivity index (χ4n) is 5.60. The molecular weight excluding hydrogens is 685 g/mol. The largest absolute Gasteiger partial charge is 0.506 e. The van der Waals surface area contributed by atoms with Gasteiger partial charge in [0.05, 0.1) is 43.1 Å². The lowest BCUT2D eigenvalue weighted by Gasteiger charge is -2.13. The van der Waals surface area contributed by atoms with Crippen LogP contribution < -0.4 is 21.5 Å². The Kier molecular flexibility index (Phi) is 8.17. The minimum atomic E-state index is -4.64. The number of rotatable bonds is 9. The van der Waals surface area contributed by atoms with Crippen molar-refractivity contribution in [2.24, 2.45) is 0 Å². The van der Waals surface area contributed by atoms with Crippen LogP contribution in [0.25, 0.3) is 27.4 Å². The van der Waals surface area contributed by atoms with E-state index >= 15 is 0 Å². The van der Waals surface area contributed by atoms with Crippen LogP contribution in [0.1, 0.15) is 12.0 Å². The molecule has 0 fully saturated rings. The van der Waals surface area contributed by atoms with E-state index in [0.29, 0.717) is 11.1 Å². The summed E-state index contributed by atoms with van der Waals surface area (Å²) < 4.78 is 89.3. The average Bonchev–Trinajstić information content (AvgIpc) is 3.02. The summed E-state index contributed by atoms with van der Waals surface area (Å²) in [5.41, 5.74) is -0.585. The van der Waals surface area contributed by atoms with Crippen LogP contribution >= 0.6 is 0 Å². The predicted molar refractivity (Wildman–Crippen MR) is 178 cm³/mol. The minimum Gasteiger partial charge on any atom is -0.506 e. The molecule has 6 rings (SSSR count). The highest BCUT2D eigenvalue weighted by Crippen LogP contribution is 2.28. The Labute approximate surface area is 272 Å². The van der Waals surface area contributed by atoms with Crippen molar-refractivity contribution < 1.29 is 39.5 Å². The number of nitrogens with zero attached hydrogens (tertiary/aromatic N) is 1. The molecule has 1 aliphatic carbocycles. The Morgan fingerprint density at radius 2 is 1.42 bits per heavy atom. The van der Waals surface area contributed by atoms with E-state index in [-0.39, 0.29) is 54.5 Å². The summed E-state index contributed by atoms with van der Waals surface area (Å²) in [7, 11) is -12.8. The zero-order valence-corrected chi connectivity index (χ0v) is 26.9. The zero-order valence-electron chi connectivity index (χ0n) is 24.5. The molecule has 0 radical (unpaired) electrons. The number of aliphatic hydroxyl groups is 1. The molecular formula is C32H24N2O11S3. The Morgan fingerprint density at radius 1 is 0.729 bits per heavy atom. The van der Waals surface area contributed by atoms with Gasteiger partial charge in [0.25, 0.3) is 25.8 Å². The van der Waals surface area contributed by atoms with Gasteiger partial charge in [-0.15, -0.1) is 0 Å². The third kappa shape index (κ3) is 6.18. The highest BCUT2D eigenvalue weighted by Gasteiger charge is 2.20. The van der Waals surface area contributed by atoms with Crippen molar-refractivity contribution in [3.8, 4) is 0 Å². The molecule has 0 spiro atoms. The van der Waals surface area contributed by atoms with Crippen molar-refractivity contribution in [3.05, 3.63) is 127 Å². The summed E-state index contributed by atoms with van der Waals surface area (Å²) in [6.07, 6.45) is -0.298. The van der Waals surface area contributed by atoms with Gasteiger partial charge < -0.3 is 10.4 Å². The minimum absolute atomic E-state index is 0.0866. The molecule has 48 heavy (non-hydrogen) atoms. The van der Waals surface area contributed by atoms with Gasteiger partial charge in [-0.1, -0.05) is 36.4 Å². The molecule has 1 heterocycles. The number of hydrogen-bond acceptors (Lipinski definition) is 11. The van der Waals surface area contributed by atoms with Gasteiger partial charge in [-0.25, -0.2) is 13.4 Å². The standard InChI is InChI=1S/C32H24N2O11S3/c35-30(18-5-3-6-21(17-18)48(43,44)45)29-26-22-7-1-2-8-23(22)31(36)28-25(14-13-24(27(26)28)34-32(29)37)33-19-9-11-20(12-10-19)46(38,39)15-4-16-47(40,41)42/h1-3,5-14,17,33,35H,4,15-16H2,(H,40,41,42)(H,43,44,45). The highest BCUT2D eigenvalue weighted by atomic mass is 32.2. The number of aliphatic hydroxyl groups excluding tert-OH is 1. The number of aromatic nitrogens is 1. The predicted octanol–water partition coefficient (Wildman–Crippen LogP) is 2.75. The molecule has 1 aliphatic heterocycles. The van der Waals surface area contributed by atoms with E-state index < -0.39 is 63.2 Å². The SMILES string of the molecule is O=c1nc2ccc(Nc3ccc(S(=O)(=O)CCCS(=O)(=O)O)cc3)c3c2=c(c1=C(O)c1cccc(S(=O)(=O)O)c1)c1ccccc1c3=O. The molecule has 0 unspecified atom stereocenters. The fourth-order valence-corrected chi connectivity index (χ4v) is 8.13. The first-order chi connectivity index (χ1) is 22.5. The van der Waals surface area contributed by atoms with Crippen LogP contribution in [0.4, 0.5) is 11.4 Å². The van der Waals surface area contributed by atoms with Crippen molar-refractivity contribution in [2.45, 2.75) is 16.2 Å². The molecule has 0 atom stereocenters. The van der Waals surface area contributed by atoms with Gasteiger partial charge in [0.2, 0.25) is 0 Å². The molecule has 0 saturated heterocycles. The summed E-state index contributed by atoms with van der Waals surface area (Å²) in [6, 6.07) is 19.7. The highest BCUT2D eigenvalue weighted by molar-refractivity contribution is 7.91. The Balaban J connectivity index is 1.56. The quantitative estimate of drug-likeness (QED) is 0.159. The van der Waals surface area contributed by atoms with Gasteiger partial charge in [-0.2, -0.15) is 16.8 Å². The fraction of sp³-hybridized carbons (Fsp3) is 0.0938. The van der Waals surface area contributed by atoms with E-state index in [9.17, 15) is 44.5 Å².